The first kappa shape index (κ1) is 22.5. The summed E-state index contributed by atoms with van der Waals surface area (Å²) < 4.78 is 8.88. The van der Waals surface area contributed by atoms with Crippen LogP contribution in [-0.2, 0) is 4.57 Å². The van der Waals surface area contributed by atoms with Crippen LogP contribution >= 0.6 is 20.2 Å². The maximum atomic E-state index is 8.88. The number of hydrogen-bond donors (Lipinski definition) is 3. The second kappa shape index (κ2) is 10.1. The molecule has 8 heavy (non-hydrogen) atoms. The van der Waals surface area contributed by atoms with Crippen molar-refractivity contribution in [3.8, 4) is 0 Å². The van der Waals surface area contributed by atoms with Gasteiger partial charge in [0.15, 0.2) is 0 Å². The molecule has 0 heterocycles. The van der Waals surface area contributed by atoms with Gasteiger partial charge in [-0.2, -0.15) is 0 Å². The third-order valence-corrected chi connectivity index (χ3v) is 0. The molecule has 48 valence electrons. The van der Waals surface area contributed by atoms with E-state index in [9.17, 15) is 0 Å². The quantitative estimate of drug-likeness (QED) is 0.339. The van der Waals surface area contributed by atoms with E-state index in [2.05, 4.69) is 0 Å². The third kappa shape index (κ3) is 61.4. The van der Waals surface area contributed by atoms with Crippen LogP contribution in [-0.4, -0.2) is 97.9 Å². The first-order valence-corrected chi connectivity index (χ1v) is 2.35. The van der Waals surface area contributed by atoms with Crippen LogP contribution in [0.4, 0.5) is 0 Å². The van der Waals surface area contributed by atoms with Crippen molar-refractivity contribution in [2.75, 3.05) is 0 Å². The molecule has 0 fully saturated rings. The fourth-order valence-electron chi connectivity index (χ4n) is 0. The standard InChI is InChI=1S/Ca.ClH.H3O4P.Sr.4H/c;;1-5(2,3)4;;;;;/h;1H;(H3,1,2,3,4);;;;;. The minimum absolute atomic E-state index is 0. The molecule has 0 unspecified atom stereocenters. The van der Waals surface area contributed by atoms with E-state index in [1.54, 1.807) is 0 Å². The van der Waals surface area contributed by atoms with Crippen LogP contribution in [0.15, 0.2) is 0 Å². The summed E-state index contributed by atoms with van der Waals surface area (Å²) in [5.41, 5.74) is 0. The summed E-state index contributed by atoms with van der Waals surface area (Å²) in [5, 5.41) is 0. The van der Waals surface area contributed by atoms with Gasteiger partial charge in [-0.05, 0) is 0 Å². The molecule has 0 aromatic rings. The van der Waals surface area contributed by atoms with Crippen LogP contribution in [0.3, 0.4) is 0 Å². The van der Waals surface area contributed by atoms with Crippen molar-refractivity contribution in [1.82, 2.24) is 0 Å². The van der Waals surface area contributed by atoms with E-state index in [0.717, 1.165) is 0 Å². The van der Waals surface area contributed by atoms with Gasteiger partial charge in [0.1, 0.15) is 0 Å². The predicted octanol–water partition coefficient (Wildman–Crippen LogP) is -2.34. The molecule has 0 spiro atoms. The second-order valence-corrected chi connectivity index (χ2v) is 1.54. The van der Waals surface area contributed by atoms with E-state index in [-0.39, 0.29) is 95.6 Å². The molecule has 0 saturated heterocycles. The Labute approximate surface area is 120 Å². The molecule has 0 rings (SSSR count). The first-order chi connectivity index (χ1) is 2.00. The van der Waals surface area contributed by atoms with Crippen LogP contribution in [0.1, 0.15) is 0 Å². The molecular formula is H8CaClO4PSr. The van der Waals surface area contributed by atoms with E-state index >= 15 is 0 Å². The summed E-state index contributed by atoms with van der Waals surface area (Å²) in [5.74, 6) is 0. The Morgan fingerprint density at radius 3 is 1.12 bits per heavy atom. The molecule has 4 nitrogen and oxygen atoms in total. The molecule has 0 atom stereocenters. The minimum atomic E-state index is -4.64. The number of halogens is 1. The van der Waals surface area contributed by atoms with Crippen molar-refractivity contribution in [3.63, 3.8) is 0 Å². The average molecular weight is 266 g/mol. The van der Waals surface area contributed by atoms with Crippen molar-refractivity contribution in [2.45, 2.75) is 0 Å². The van der Waals surface area contributed by atoms with Gasteiger partial charge in [0.25, 0.3) is 0 Å². The van der Waals surface area contributed by atoms with Gasteiger partial charge in [-0.25, -0.2) is 4.57 Å². The zero-order valence-electron chi connectivity index (χ0n) is 2.61. The van der Waals surface area contributed by atoms with Crippen molar-refractivity contribution in [3.05, 3.63) is 0 Å². The molecule has 0 aliphatic heterocycles. The molecule has 0 saturated carbocycles. The normalized spacial score (nSPS) is 7.38. The van der Waals surface area contributed by atoms with Crippen LogP contribution < -0.4 is 0 Å². The van der Waals surface area contributed by atoms with Crippen LogP contribution in [0.25, 0.3) is 0 Å². The van der Waals surface area contributed by atoms with Crippen LogP contribution in [0.2, 0.25) is 0 Å². The predicted molar refractivity (Wildman–Crippen MR) is 38.6 cm³/mol. The van der Waals surface area contributed by atoms with Crippen LogP contribution in [0, 0.1) is 0 Å². The molecule has 0 aliphatic rings. The topological polar surface area (TPSA) is 77.8 Å². The van der Waals surface area contributed by atoms with E-state index in [0.29, 0.717) is 0 Å². The molecule has 0 aliphatic carbocycles. The first-order valence-electron chi connectivity index (χ1n) is 0.783. The Hall–Kier alpha value is 3.14. The molecule has 0 bridgehead atoms. The van der Waals surface area contributed by atoms with Crippen molar-refractivity contribution < 1.29 is 19.2 Å². The summed E-state index contributed by atoms with van der Waals surface area (Å²) in [7, 11) is -4.64. The van der Waals surface area contributed by atoms with E-state index in [1.165, 1.54) is 0 Å². The fraction of sp³-hybridized carbons (Fsp3) is 0. The van der Waals surface area contributed by atoms with Crippen molar-refractivity contribution in [2.24, 2.45) is 0 Å². The fourth-order valence-corrected chi connectivity index (χ4v) is 0. The Morgan fingerprint density at radius 2 is 1.12 bits per heavy atom. The SMILES string of the molecule is Cl.O=P(O)(O)O.[CaH2].[SrH2]. The van der Waals surface area contributed by atoms with E-state index in [4.69, 9.17) is 19.2 Å². The van der Waals surface area contributed by atoms with Gasteiger partial charge in [0.05, 0.1) is 0 Å². The second-order valence-electron chi connectivity index (χ2n) is 0.513. The number of rotatable bonds is 0. The number of phosphoric acid groups is 1. The zero-order chi connectivity index (χ0) is 4.50. The van der Waals surface area contributed by atoms with Gasteiger partial charge < -0.3 is 14.7 Å². The molecular weight excluding hydrogens is 258 g/mol. The summed E-state index contributed by atoms with van der Waals surface area (Å²) in [6, 6.07) is 0. The summed E-state index contributed by atoms with van der Waals surface area (Å²) >= 11 is 0. The third-order valence-electron chi connectivity index (χ3n) is 0. The van der Waals surface area contributed by atoms with Gasteiger partial charge in [-0.15, -0.1) is 12.4 Å². The summed E-state index contributed by atoms with van der Waals surface area (Å²) in [6.45, 7) is 0. The van der Waals surface area contributed by atoms with Gasteiger partial charge in [0, 0.05) is 0 Å². The average Bonchev–Trinajstić information content (AvgIpc) is 0.722. The van der Waals surface area contributed by atoms with Crippen LogP contribution in [0.5, 0.6) is 0 Å². The van der Waals surface area contributed by atoms with Gasteiger partial charge in [-0.1, -0.05) is 0 Å². The van der Waals surface area contributed by atoms with E-state index in [1.807, 2.05) is 0 Å². The Balaban J connectivity index is -0.0000000267. The van der Waals surface area contributed by atoms with Gasteiger partial charge in [0.2, 0.25) is 0 Å². The Morgan fingerprint density at radius 1 is 1.12 bits per heavy atom. The molecule has 0 amide bonds. The van der Waals surface area contributed by atoms with Gasteiger partial charge >= 0.3 is 91.0 Å². The summed E-state index contributed by atoms with van der Waals surface area (Å²) in [6.07, 6.45) is 0. The molecule has 8 heteroatoms. The molecule has 3 N–H and O–H groups in total. The van der Waals surface area contributed by atoms with Crippen molar-refractivity contribution in [1.29, 1.82) is 0 Å². The Kier molecular flexibility index (Phi) is 28.5. The molecule has 0 aromatic carbocycles. The molecule has 0 aromatic heterocycles. The van der Waals surface area contributed by atoms with E-state index < -0.39 is 7.82 Å². The monoisotopic (exact) mass is 266 g/mol. The summed E-state index contributed by atoms with van der Waals surface area (Å²) in [4.78, 5) is 21.6. The van der Waals surface area contributed by atoms with Gasteiger partial charge in [-0.3, -0.25) is 0 Å². The van der Waals surface area contributed by atoms with Crippen molar-refractivity contribution >= 4 is 103 Å². The number of hydrogen-bond acceptors (Lipinski definition) is 1. The zero-order valence-corrected chi connectivity index (χ0v) is 4.32. The maximum absolute atomic E-state index is 8.88. The molecule has 0 radical (unpaired) electrons. The Bertz CT molecular complexity index is 62.2.